The van der Waals surface area contributed by atoms with Crippen molar-refractivity contribution in [1.29, 1.82) is 0 Å². The molecular weight excluding hydrogens is 302 g/mol. The normalized spacial score (nSPS) is 31.4. The van der Waals surface area contributed by atoms with Crippen LogP contribution in [0.3, 0.4) is 0 Å². The number of rotatable bonds is 3. The lowest BCUT2D eigenvalue weighted by Gasteiger charge is -2.37. The van der Waals surface area contributed by atoms with Gasteiger partial charge in [0.15, 0.2) is 11.6 Å². The second-order valence-corrected chi connectivity index (χ2v) is 8.66. The molecule has 0 nitrogen and oxygen atoms in total. The summed E-state index contributed by atoms with van der Waals surface area (Å²) >= 11 is 0. The van der Waals surface area contributed by atoms with E-state index in [1.54, 1.807) is 6.07 Å². The first-order valence-electron chi connectivity index (χ1n) is 9.95. The van der Waals surface area contributed by atoms with E-state index in [1.165, 1.54) is 38.5 Å². The van der Waals surface area contributed by atoms with Gasteiger partial charge in [-0.1, -0.05) is 45.7 Å². The Morgan fingerprint density at radius 1 is 0.792 bits per heavy atom. The average Bonchev–Trinajstić information content (AvgIpc) is 2.58. The van der Waals surface area contributed by atoms with Crippen molar-refractivity contribution >= 4 is 0 Å². The highest BCUT2D eigenvalue weighted by molar-refractivity contribution is 5.31. The van der Waals surface area contributed by atoms with Crippen LogP contribution in [0, 0.1) is 29.4 Å². The van der Waals surface area contributed by atoms with E-state index in [2.05, 4.69) is 6.92 Å². The van der Waals surface area contributed by atoms with Crippen LogP contribution < -0.4 is 0 Å². The number of hydrogen-bond acceptors (Lipinski definition) is 0. The predicted octanol–water partition coefficient (Wildman–Crippen LogP) is 7.19. The summed E-state index contributed by atoms with van der Waals surface area (Å²) in [7, 11) is 0. The van der Waals surface area contributed by atoms with Gasteiger partial charge in [-0.15, -0.1) is 0 Å². The van der Waals surface area contributed by atoms with E-state index in [4.69, 9.17) is 0 Å². The van der Waals surface area contributed by atoms with E-state index in [-0.39, 0.29) is 11.8 Å². The van der Waals surface area contributed by atoms with Gasteiger partial charge in [-0.3, -0.25) is 0 Å². The highest BCUT2D eigenvalue weighted by Gasteiger charge is 2.31. The van der Waals surface area contributed by atoms with Gasteiger partial charge >= 0.3 is 0 Å². The zero-order valence-corrected chi connectivity index (χ0v) is 15.5. The van der Waals surface area contributed by atoms with Crippen molar-refractivity contribution in [3.8, 4) is 0 Å². The maximum atomic E-state index is 14.5. The molecule has 24 heavy (non-hydrogen) atoms. The topological polar surface area (TPSA) is 0 Å². The van der Waals surface area contributed by atoms with Gasteiger partial charge in [0.2, 0.25) is 0 Å². The Labute approximate surface area is 146 Å². The quantitative estimate of drug-likeness (QED) is 0.549. The minimum Gasteiger partial charge on any atom is -0.203 e. The van der Waals surface area contributed by atoms with Gasteiger partial charge in [0.1, 0.15) is 0 Å². The molecule has 0 bridgehead atoms. The summed E-state index contributed by atoms with van der Waals surface area (Å²) in [6, 6.07) is 3.65. The van der Waals surface area contributed by atoms with Gasteiger partial charge in [-0.25, -0.2) is 8.78 Å². The van der Waals surface area contributed by atoms with Crippen LogP contribution in [0.25, 0.3) is 0 Å². The fraction of sp³-hybridized carbons (Fsp3) is 0.727. The molecular formula is C22H32F2. The summed E-state index contributed by atoms with van der Waals surface area (Å²) in [4.78, 5) is 0. The first-order valence-corrected chi connectivity index (χ1v) is 9.95. The molecule has 0 aliphatic heterocycles. The highest BCUT2D eigenvalue weighted by atomic mass is 19.2. The zero-order chi connectivity index (χ0) is 17.3. The lowest BCUT2D eigenvalue weighted by atomic mass is 9.68. The summed E-state index contributed by atoms with van der Waals surface area (Å²) in [5.41, 5.74) is 1.12. The summed E-state index contributed by atoms with van der Waals surface area (Å²) in [5, 5.41) is 0. The molecule has 0 N–H and O–H groups in total. The third-order valence-corrected chi connectivity index (χ3v) is 6.70. The van der Waals surface area contributed by atoms with E-state index in [1.807, 2.05) is 19.9 Å². The lowest BCUT2D eigenvalue weighted by molar-refractivity contribution is 0.164. The molecule has 2 saturated carbocycles. The van der Waals surface area contributed by atoms with Gasteiger partial charge in [-0.2, -0.15) is 0 Å². The van der Waals surface area contributed by atoms with Crippen molar-refractivity contribution in [2.75, 3.05) is 0 Å². The van der Waals surface area contributed by atoms with E-state index >= 15 is 0 Å². The van der Waals surface area contributed by atoms with Gasteiger partial charge in [-0.05, 0) is 79.2 Å². The van der Waals surface area contributed by atoms with Gasteiger partial charge in [0.25, 0.3) is 0 Å². The largest absolute Gasteiger partial charge is 0.203 e. The fourth-order valence-corrected chi connectivity index (χ4v) is 5.00. The number of hydrogen-bond donors (Lipinski definition) is 0. The molecule has 0 aromatic heterocycles. The van der Waals surface area contributed by atoms with Crippen LogP contribution in [0.5, 0.6) is 0 Å². The van der Waals surface area contributed by atoms with Gasteiger partial charge < -0.3 is 0 Å². The molecule has 0 spiro atoms. The Bertz CT molecular complexity index is 547. The highest BCUT2D eigenvalue weighted by Crippen LogP contribution is 2.44. The average molecular weight is 334 g/mol. The molecule has 0 atom stereocenters. The first-order chi connectivity index (χ1) is 11.5. The van der Waals surface area contributed by atoms with Crippen molar-refractivity contribution < 1.29 is 8.78 Å². The van der Waals surface area contributed by atoms with Crippen LogP contribution in [0.1, 0.15) is 95.1 Å². The van der Waals surface area contributed by atoms with Crippen LogP contribution in [-0.4, -0.2) is 0 Å². The van der Waals surface area contributed by atoms with Crippen LogP contribution in [0.15, 0.2) is 12.1 Å². The van der Waals surface area contributed by atoms with E-state index < -0.39 is 11.6 Å². The maximum Gasteiger partial charge on any atom is 0.162 e. The van der Waals surface area contributed by atoms with Crippen molar-refractivity contribution in [2.45, 2.75) is 84.0 Å². The smallest absolute Gasteiger partial charge is 0.162 e. The molecule has 2 fully saturated rings. The maximum absolute atomic E-state index is 14.5. The summed E-state index contributed by atoms with van der Waals surface area (Å²) < 4.78 is 28.8. The van der Waals surface area contributed by atoms with Gasteiger partial charge in [0, 0.05) is 0 Å². The molecule has 3 rings (SSSR count). The predicted molar refractivity (Wildman–Crippen MR) is 96.3 cm³/mol. The molecule has 0 unspecified atom stereocenters. The second kappa shape index (κ2) is 7.54. The molecule has 0 amide bonds. The SMILES string of the molecule is CC1CCC(C2CCC(c3ccc(C(C)C)c(F)c3F)CC2)CC1. The van der Waals surface area contributed by atoms with E-state index in [9.17, 15) is 8.78 Å². The molecule has 0 saturated heterocycles. The Hall–Kier alpha value is -0.920. The number of benzene rings is 1. The summed E-state index contributed by atoms with van der Waals surface area (Å²) in [6.45, 7) is 6.19. The molecule has 1 aromatic carbocycles. The van der Waals surface area contributed by atoms with E-state index in [0.29, 0.717) is 11.1 Å². The molecule has 2 aliphatic rings. The Kier molecular flexibility index (Phi) is 5.62. The summed E-state index contributed by atoms with van der Waals surface area (Å²) in [5.74, 6) is 1.62. The van der Waals surface area contributed by atoms with Crippen LogP contribution in [0.4, 0.5) is 8.78 Å². The minimum atomic E-state index is -0.620. The third-order valence-electron chi connectivity index (χ3n) is 6.70. The Morgan fingerprint density at radius 2 is 1.33 bits per heavy atom. The molecule has 2 aliphatic carbocycles. The Morgan fingerprint density at radius 3 is 1.88 bits per heavy atom. The fourth-order valence-electron chi connectivity index (χ4n) is 5.00. The van der Waals surface area contributed by atoms with Crippen molar-refractivity contribution in [3.05, 3.63) is 34.9 Å². The monoisotopic (exact) mass is 334 g/mol. The third kappa shape index (κ3) is 3.68. The molecule has 2 heteroatoms. The molecule has 0 radical (unpaired) electrons. The standard InChI is InChI=1S/C22H32F2/c1-14(2)19-12-13-20(22(24)21(19)23)18-10-8-17(9-11-18)16-6-4-15(3)5-7-16/h12-18H,4-11H2,1-3H3. The zero-order valence-electron chi connectivity index (χ0n) is 15.5. The van der Waals surface area contributed by atoms with Crippen LogP contribution in [-0.2, 0) is 0 Å². The van der Waals surface area contributed by atoms with Crippen molar-refractivity contribution in [3.63, 3.8) is 0 Å². The molecule has 134 valence electrons. The van der Waals surface area contributed by atoms with E-state index in [0.717, 1.165) is 30.6 Å². The van der Waals surface area contributed by atoms with Crippen molar-refractivity contribution in [1.82, 2.24) is 0 Å². The van der Waals surface area contributed by atoms with Crippen LogP contribution in [0.2, 0.25) is 0 Å². The van der Waals surface area contributed by atoms with Gasteiger partial charge in [0.05, 0.1) is 0 Å². The van der Waals surface area contributed by atoms with Crippen molar-refractivity contribution in [2.24, 2.45) is 17.8 Å². The summed E-state index contributed by atoms with van der Waals surface area (Å²) in [6.07, 6.45) is 9.93. The lowest BCUT2D eigenvalue weighted by Crippen LogP contribution is -2.25. The number of halogens is 2. The Balaban J connectivity index is 1.64. The minimum absolute atomic E-state index is 0.0259. The molecule has 1 aromatic rings. The van der Waals surface area contributed by atoms with Crippen LogP contribution >= 0.6 is 0 Å². The molecule has 0 heterocycles. The first kappa shape index (κ1) is 17.9. The second-order valence-electron chi connectivity index (χ2n) is 8.66.